The van der Waals surface area contributed by atoms with Crippen LogP contribution in [0.1, 0.15) is 66.2 Å². The van der Waals surface area contributed by atoms with Gasteiger partial charge in [0.25, 0.3) is 11.8 Å². The van der Waals surface area contributed by atoms with Gasteiger partial charge in [0.05, 0.1) is 6.61 Å². The van der Waals surface area contributed by atoms with E-state index in [1.807, 2.05) is 23.1 Å². The molecule has 7 heteroatoms. The third kappa shape index (κ3) is 7.05. The van der Waals surface area contributed by atoms with Crippen LogP contribution in [0.3, 0.4) is 0 Å². The number of carbonyl (C=O) groups excluding carboxylic acids is 2. The molecule has 0 radical (unpaired) electrons. The number of rotatable bonds is 7. The van der Waals surface area contributed by atoms with E-state index in [1.165, 1.54) is 12.8 Å². The lowest BCUT2D eigenvalue weighted by atomic mass is 10.1. The molecule has 0 spiro atoms. The highest BCUT2D eigenvalue weighted by molar-refractivity contribution is 7.80. The van der Waals surface area contributed by atoms with Gasteiger partial charge in [-0.3, -0.25) is 14.9 Å². The first-order chi connectivity index (χ1) is 15.6. The van der Waals surface area contributed by atoms with Crippen LogP contribution in [0.5, 0.6) is 5.75 Å². The van der Waals surface area contributed by atoms with Gasteiger partial charge in [0.15, 0.2) is 5.11 Å². The fourth-order valence-corrected chi connectivity index (χ4v) is 3.77. The lowest BCUT2D eigenvalue weighted by Crippen LogP contribution is -2.34. The molecule has 1 heterocycles. The Morgan fingerprint density at radius 2 is 1.72 bits per heavy atom. The summed E-state index contributed by atoms with van der Waals surface area (Å²) in [7, 11) is 0. The van der Waals surface area contributed by atoms with Crippen LogP contribution in [0.15, 0.2) is 48.5 Å². The SMILES string of the molecule is CCCCOc1ccc(C(=O)NC(=S)Nc2cccc(C(=O)N3CCCCCC3)c2)cc1. The fraction of sp³-hybridized carbons (Fsp3) is 0.400. The van der Waals surface area contributed by atoms with Crippen LogP contribution in [0.4, 0.5) is 5.69 Å². The summed E-state index contributed by atoms with van der Waals surface area (Å²) in [5, 5.41) is 5.86. The quantitative estimate of drug-likeness (QED) is 0.456. The van der Waals surface area contributed by atoms with Crippen molar-refractivity contribution in [1.82, 2.24) is 10.2 Å². The van der Waals surface area contributed by atoms with Gasteiger partial charge >= 0.3 is 0 Å². The molecule has 0 unspecified atom stereocenters. The molecule has 1 aliphatic rings. The number of carbonyl (C=O) groups is 2. The van der Waals surface area contributed by atoms with Gasteiger partial charge in [-0.2, -0.15) is 0 Å². The topological polar surface area (TPSA) is 70.7 Å². The Hall–Kier alpha value is -2.93. The standard InChI is InChI=1S/C25H31N3O3S/c1-2-3-17-31-22-13-11-19(12-14-22)23(29)27-25(32)26-21-10-8-9-20(18-21)24(30)28-15-6-4-5-7-16-28/h8-14,18H,2-7,15-17H2,1H3,(H2,26,27,29,32). The van der Waals surface area contributed by atoms with Crippen LogP contribution in [0.25, 0.3) is 0 Å². The van der Waals surface area contributed by atoms with Crippen LogP contribution in [-0.4, -0.2) is 41.5 Å². The predicted molar refractivity (Wildman–Crippen MR) is 131 cm³/mol. The minimum atomic E-state index is -0.306. The Kier molecular flexibility index (Phi) is 9.04. The van der Waals surface area contributed by atoms with Crippen molar-refractivity contribution in [3.05, 3.63) is 59.7 Å². The highest BCUT2D eigenvalue weighted by Gasteiger charge is 2.17. The number of anilines is 1. The molecule has 0 bridgehead atoms. The molecule has 1 aliphatic heterocycles. The Bertz CT molecular complexity index is 922. The van der Waals surface area contributed by atoms with Crippen molar-refractivity contribution in [3.63, 3.8) is 0 Å². The maximum Gasteiger partial charge on any atom is 0.257 e. The van der Waals surface area contributed by atoms with Crippen molar-refractivity contribution >= 4 is 34.8 Å². The van der Waals surface area contributed by atoms with E-state index in [1.54, 1.807) is 30.3 Å². The first-order valence-electron chi connectivity index (χ1n) is 11.3. The van der Waals surface area contributed by atoms with E-state index in [2.05, 4.69) is 17.6 Å². The molecule has 6 nitrogen and oxygen atoms in total. The number of amides is 2. The summed E-state index contributed by atoms with van der Waals surface area (Å²) < 4.78 is 5.62. The largest absolute Gasteiger partial charge is 0.494 e. The van der Waals surface area contributed by atoms with Crippen molar-refractivity contribution in [2.75, 3.05) is 25.0 Å². The molecule has 2 amide bonds. The molecule has 0 aromatic heterocycles. The maximum absolute atomic E-state index is 12.8. The van der Waals surface area contributed by atoms with Gasteiger partial charge in [0.1, 0.15) is 5.75 Å². The van der Waals surface area contributed by atoms with Gasteiger partial charge in [0, 0.05) is 29.9 Å². The maximum atomic E-state index is 12.8. The normalized spacial score (nSPS) is 13.7. The monoisotopic (exact) mass is 453 g/mol. The number of benzene rings is 2. The second-order valence-electron chi connectivity index (χ2n) is 7.92. The van der Waals surface area contributed by atoms with E-state index < -0.39 is 0 Å². The van der Waals surface area contributed by atoms with E-state index in [0.29, 0.717) is 23.4 Å². The number of nitrogens with one attached hydrogen (secondary N) is 2. The highest BCUT2D eigenvalue weighted by atomic mass is 32.1. The lowest BCUT2D eigenvalue weighted by Gasteiger charge is -2.20. The average Bonchev–Trinajstić information content (AvgIpc) is 3.09. The zero-order valence-corrected chi connectivity index (χ0v) is 19.4. The zero-order chi connectivity index (χ0) is 22.8. The van der Waals surface area contributed by atoms with Crippen molar-refractivity contribution in [1.29, 1.82) is 0 Å². The molecule has 0 aliphatic carbocycles. The Morgan fingerprint density at radius 3 is 2.41 bits per heavy atom. The number of ether oxygens (including phenoxy) is 1. The van der Waals surface area contributed by atoms with Gasteiger partial charge < -0.3 is 15.0 Å². The Balaban J connectivity index is 1.54. The summed E-state index contributed by atoms with van der Waals surface area (Å²) in [5.41, 5.74) is 1.77. The first kappa shape index (κ1) is 23.7. The van der Waals surface area contributed by atoms with E-state index >= 15 is 0 Å². The zero-order valence-electron chi connectivity index (χ0n) is 18.6. The van der Waals surface area contributed by atoms with Crippen LogP contribution >= 0.6 is 12.2 Å². The van der Waals surface area contributed by atoms with E-state index in [9.17, 15) is 9.59 Å². The molecule has 0 saturated carbocycles. The minimum Gasteiger partial charge on any atom is -0.494 e. The third-order valence-corrected chi connectivity index (χ3v) is 5.57. The van der Waals surface area contributed by atoms with Crippen molar-refractivity contribution < 1.29 is 14.3 Å². The molecule has 3 rings (SSSR count). The number of thiocarbonyl (C=S) groups is 1. The summed E-state index contributed by atoms with van der Waals surface area (Å²) >= 11 is 5.30. The summed E-state index contributed by atoms with van der Waals surface area (Å²) in [6.07, 6.45) is 6.51. The molecule has 170 valence electrons. The smallest absolute Gasteiger partial charge is 0.257 e. The minimum absolute atomic E-state index is 0.0340. The van der Waals surface area contributed by atoms with Crippen LogP contribution in [-0.2, 0) is 0 Å². The molecular weight excluding hydrogens is 422 g/mol. The fourth-order valence-electron chi connectivity index (χ4n) is 3.56. The van der Waals surface area contributed by atoms with Gasteiger partial charge in [-0.05, 0) is 73.9 Å². The summed E-state index contributed by atoms with van der Waals surface area (Å²) in [5.74, 6) is 0.466. The molecule has 1 saturated heterocycles. The van der Waals surface area contributed by atoms with Crippen molar-refractivity contribution in [2.45, 2.75) is 45.4 Å². The van der Waals surface area contributed by atoms with Gasteiger partial charge in [-0.1, -0.05) is 32.3 Å². The van der Waals surface area contributed by atoms with Gasteiger partial charge in [0.2, 0.25) is 0 Å². The number of likely N-dealkylation sites (tertiary alicyclic amines) is 1. The van der Waals surface area contributed by atoms with Crippen LogP contribution in [0, 0.1) is 0 Å². The molecule has 2 N–H and O–H groups in total. The summed E-state index contributed by atoms with van der Waals surface area (Å²) in [6, 6.07) is 14.2. The third-order valence-electron chi connectivity index (χ3n) is 5.37. The van der Waals surface area contributed by atoms with Crippen LogP contribution in [0.2, 0.25) is 0 Å². The van der Waals surface area contributed by atoms with Gasteiger partial charge in [-0.25, -0.2) is 0 Å². The van der Waals surface area contributed by atoms with E-state index in [-0.39, 0.29) is 16.9 Å². The summed E-state index contributed by atoms with van der Waals surface area (Å²) in [6.45, 7) is 4.37. The molecular formula is C25H31N3O3S. The van der Waals surface area contributed by atoms with Crippen molar-refractivity contribution in [3.8, 4) is 5.75 Å². The van der Waals surface area contributed by atoms with Gasteiger partial charge in [-0.15, -0.1) is 0 Å². The number of hydrogen-bond acceptors (Lipinski definition) is 4. The van der Waals surface area contributed by atoms with Crippen LogP contribution < -0.4 is 15.4 Å². The number of unbranched alkanes of at least 4 members (excludes halogenated alkanes) is 1. The number of hydrogen-bond donors (Lipinski definition) is 2. The summed E-state index contributed by atoms with van der Waals surface area (Å²) in [4.78, 5) is 27.3. The number of nitrogens with zero attached hydrogens (tertiary/aromatic N) is 1. The molecule has 1 fully saturated rings. The predicted octanol–water partition coefficient (Wildman–Crippen LogP) is 5.01. The molecule has 2 aromatic rings. The van der Waals surface area contributed by atoms with Crippen molar-refractivity contribution in [2.24, 2.45) is 0 Å². The second kappa shape index (κ2) is 12.2. The molecule has 32 heavy (non-hydrogen) atoms. The highest BCUT2D eigenvalue weighted by Crippen LogP contribution is 2.17. The Morgan fingerprint density at radius 1 is 1.00 bits per heavy atom. The van der Waals surface area contributed by atoms with E-state index in [0.717, 1.165) is 44.5 Å². The first-order valence-corrected chi connectivity index (χ1v) is 11.7. The molecule has 2 aromatic carbocycles. The molecule has 0 atom stereocenters. The second-order valence-corrected chi connectivity index (χ2v) is 8.33. The average molecular weight is 454 g/mol. The Labute approximate surface area is 195 Å². The van der Waals surface area contributed by atoms with E-state index in [4.69, 9.17) is 17.0 Å². The lowest BCUT2D eigenvalue weighted by molar-refractivity contribution is 0.0761.